The highest BCUT2D eigenvalue weighted by Gasteiger charge is 2.09. The van der Waals surface area contributed by atoms with Crippen molar-refractivity contribution in [3.63, 3.8) is 0 Å². The zero-order valence-corrected chi connectivity index (χ0v) is 9.73. The first-order chi connectivity index (χ1) is 6.76. The molecule has 0 radical (unpaired) electrons. The van der Waals surface area contributed by atoms with Gasteiger partial charge in [0.2, 0.25) is 0 Å². The summed E-state index contributed by atoms with van der Waals surface area (Å²) in [5.41, 5.74) is 1.98. The van der Waals surface area contributed by atoms with Crippen LogP contribution in [0, 0.1) is 0 Å². The zero-order valence-electron chi connectivity index (χ0n) is 7.33. The number of rotatable bonds is 2. The molecule has 0 bridgehead atoms. The minimum atomic E-state index is 0.0121. The Morgan fingerprint density at radius 2 is 2.14 bits per heavy atom. The van der Waals surface area contributed by atoms with Crippen LogP contribution in [0.25, 0.3) is 10.1 Å². The third-order valence-electron chi connectivity index (χ3n) is 2.18. The maximum absolute atomic E-state index is 9.36. The van der Waals surface area contributed by atoms with Gasteiger partial charge in [-0.3, -0.25) is 0 Å². The fraction of sp³-hybridized carbons (Fsp3) is 0.200. The molecular weight excluding hydrogens is 264 g/mol. The van der Waals surface area contributed by atoms with Crippen molar-refractivity contribution < 1.29 is 10.2 Å². The first-order valence-electron chi connectivity index (χ1n) is 4.16. The van der Waals surface area contributed by atoms with E-state index >= 15 is 0 Å². The van der Waals surface area contributed by atoms with E-state index in [0.717, 1.165) is 26.5 Å². The molecule has 0 fully saturated rings. The topological polar surface area (TPSA) is 40.5 Å². The molecule has 1 heterocycles. The lowest BCUT2D eigenvalue weighted by Crippen LogP contribution is -1.90. The van der Waals surface area contributed by atoms with Gasteiger partial charge in [0.1, 0.15) is 0 Å². The van der Waals surface area contributed by atoms with Crippen LogP contribution < -0.4 is 0 Å². The molecule has 2 rings (SSSR count). The molecule has 1 aromatic carbocycles. The summed E-state index contributed by atoms with van der Waals surface area (Å²) in [4.78, 5) is 0. The van der Waals surface area contributed by atoms with Crippen molar-refractivity contribution in [2.24, 2.45) is 0 Å². The van der Waals surface area contributed by atoms with Crippen LogP contribution in [0.2, 0.25) is 0 Å². The second kappa shape index (κ2) is 3.88. The van der Waals surface area contributed by atoms with Crippen LogP contribution in [0.15, 0.2) is 18.2 Å². The average molecular weight is 273 g/mol. The van der Waals surface area contributed by atoms with Gasteiger partial charge in [-0.15, -0.1) is 0 Å². The van der Waals surface area contributed by atoms with Gasteiger partial charge < -0.3 is 10.2 Å². The van der Waals surface area contributed by atoms with Gasteiger partial charge in [-0.25, -0.2) is 0 Å². The molecule has 0 unspecified atom stereocenters. The first-order valence-corrected chi connectivity index (χ1v) is 6.10. The summed E-state index contributed by atoms with van der Waals surface area (Å²) in [6, 6.07) is 5.65. The number of fused-ring (bicyclic) bond motifs is 1. The van der Waals surface area contributed by atoms with Crippen molar-refractivity contribution >= 4 is 37.4 Å². The Morgan fingerprint density at radius 1 is 1.36 bits per heavy atom. The summed E-state index contributed by atoms with van der Waals surface area (Å²) in [6.07, 6.45) is 0. The van der Waals surface area contributed by atoms with E-state index in [1.54, 1.807) is 6.07 Å². The van der Waals surface area contributed by atoms with E-state index in [4.69, 9.17) is 0 Å². The molecule has 1 aromatic heterocycles. The Kier molecular flexibility index (Phi) is 2.76. The fourth-order valence-electron chi connectivity index (χ4n) is 1.49. The monoisotopic (exact) mass is 272 g/mol. The van der Waals surface area contributed by atoms with Crippen molar-refractivity contribution in [1.29, 1.82) is 0 Å². The Labute approximate surface area is 93.9 Å². The van der Waals surface area contributed by atoms with Gasteiger partial charge >= 0.3 is 0 Å². The number of hydrogen-bond acceptors (Lipinski definition) is 3. The summed E-state index contributed by atoms with van der Waals surface area (Å²) in [7, 11) is 0. The largest absolute Gasteiger partial charge is 0.499 e. The van der Waals surface area contributed by atoms with Gasteiger partial charge in [0.15, 0.2) is 5.06 Å². The van der Waals surface area contributed by atoms with E-state index in [1.165, 1.54) is 11.3 Å². The molecule has 0 saturated heterocycles. The number of halogens is 1. The highest BCUT2D eigenvalue weighted by Crippen LogP contribution is 2.35. The molecular formula is C10H9BrO2S. The molecule has 2 N–H and O–H groups in total. The SMILES string of the molecule is OCc1c(CBr)ccc2cc(O)sc12. The molecule has 2 aromatic rings. The number of aliphatic hydroxyl groups excluding tert-OH is 1. The van der Waals surface area contributed by atoms with Crippen LogP contribution >= 0.6 is 27.3 Å². The molecule has 14 heavy (non-hydrogen) atoms. The van der Waals surface area contributed by atoms with Gasteiger partial charge in [-0.1, -0.05) is 39.4 Å². The van der Waals surface area contributed by atoms with Gasteiger partial charge in [-0.05, 0) is 22.6 Å². The van der Waals surface area contributed by atoms with Crippen molar-refractivity contribution in [3.8, 4) is 5.06 Å². The molecule has 2 nitrogen and oxygen atoms in total. The maximum Gasteiger partial charge on any atom is 0.172 e. The Balaban J connectivity index is 2.75. The van der Waals surface area contributed by atoms with Gasteiger partial charge in [0.25, 0.3) is 0 Å². The van der Waals surface area contributed by atoms with Crippen LogP contribution in [0.4, 0.5) is 0 Å². The van der Waals surface area contributed by atoms with Gasteiger partial charge in [0.05, 0.1) is 6.61 Å². The molecule has 0 aliphatic carbocycles. The van der Waals surface area contributed by atoms with Crippen LogP contribution in [-0.2, 0) is 11.9 Å². The second-order valence-electron chi connectivity index (χ2n) is 3.00. The van der Waals surface area contributed by atoms with Crippen molar-refractivity contribution in [2.45, 2.75) is 11.9 Å². The lowest BCUT2D eigenvalue weighted by atomic mass is 10.1. The Bertz CT molecular complexity index is 464. The van der Waals surface area contributed by atoms with Crippen molar-refractivity contribution in [3.05, 3.63) is 29.3 Å². The number of benzene rings is 1. The Hall–Kier alpha value is -0.580. The smallest absolute Gasteiger partial charge is 0.172 e. The molecule has 0 atom stereocenters. The number of aromatic hydroxyl groups is 1. The van der Waals surface area contributed by atoms with Gasteiger partial charge in [0, 0.05) is 10.0 Å². The molecule has 0 aliphatic heterocycles. The number of aliphatic hydroxyl groups is 1. The minimum absolute atomic E-state index is 0.0121. The summed E-state index contributed by atoms with van der Waals surface area (Å²) in [5, 5.41) is 20.6. The summed E-state index contributed by atoms with van der Waals surface area (Å²) < 4.78 is 0.974. The second-order valence-corrected chi connectivity index (χ2v) is 4.59. The van der Waals surface area contributed by atoms with Crippen LogP contribution in [0.1, 0.15) is 11.1 Å². The quantitative estimate of drug-likeness (QED) is 0.826. The van der Waals surface area contributed by atoms with E-state index in [2.05, 4.69) is 15.9 Å². The van der Waals surface area contributed by atoms with Crippen LogP contribution in [0.3, 0.4) is 0 Å². The molecule has 0 spiro atoms. The van der Waals surface area contributed by atoms with Crippen molar-refractivity contribution in [1.82, 2.24) is 0 Å². The molecule has 0 aliphatic rings. The van der Waals surface area contributed by atoms with E-state index in [0.29, 0.717) is 5.06 Å². The van der Waals surface area contributed by atoms with Crippen LogP contribution in [0.5, 0.6) is 5.06 Å². The third-order valence-corrected chi connectivity index (χ3v) is 3.79. The maximum atomic E-state index is 9.36. The summed E-state index contributed by atoms with van der Waals surface area (Å²) >= 11 is 4.68. The van der Waals surface area contributed by atoms with Gasteiger partial charge in [-0.2, -0.15) is 0 Å². The highest BCUT2D eigenvalue weighted by molar-refractivity contribution is 9.08. The molecule has 74 valence electrons. The molecule has 0 saturated carbocycles. The third kappa shape index (κ3) is 1.54. The average Bonchev–Trinajstić information content (AvgIpc) is 2.56. The summed E-state index contributed by atoms with van der Waals surface area (Å²) in [6.45, 7) is 0.0121. The number of thiophene rings is 1. The predicted molar refractivity (Wildman–Crippen MR) is 62.0 cm³/mol. The van der Waals surface area contributed by atoms with E-state index in [9.17, 15) is 10.2 Å². The Morgan fingerprint density at radius 3 is 2.79 bits per heavy atom. The van der Waals surface area contributed by atoms with Crippen molar-refractivity contribution in [2.75, 3.05) is 0 Å². The molecule has 0 amide bonds. The predicted octanol–water partition coefficient (Wildman–Crippen LogP) is 2.99. The normalized spacial score (nSPS) is 11.0. The van der Waals surface area contributed by atoms with Crippen LogP contribution in [-0.4, -0.2) is 10.2 Å². The minimum Gasteiger partial charge on any atom is -0.499 e. The first kappa shape index (κ1) is 9.96. The zero-order chi connectivity index (χ0) is 10.1. The number of hydrogen-bond donors (Lipinski definition) is 2. The fourth-order valence-corrected chi connectivity index (χ4v) is 2.97. The summed E-state index contributed by atoms with van der Waals surface area (Å²) in [5.74, 6) is 0. The lowest BCUT2D eigenvalue weighted by Gasteiger charge is -2.04. The van der Waals surface area contributed by atoms with E-state index in [-0.39, 0.29) is 6.61 Å². The standard InChI is InChI=1S/C10H9BrO2S/c11-4-7-2-1-6-3-9(13)14-10(6)8(7)5-12/h1-3,12-13H,4-5H2. The highest BCUT2D eigenvalue weighted by atomic mass is 79.9. The van der Waals surface area contributed by atoms with E-state index < -0.39 is 0 Å². The lowest BCUT2D eigenvalue weighted by molar-refractivity contribution is 0.282. The molecule has 4 heteroatoms. The number of alkyl halides is 1. The van der Waals surface area contributed by atoms with E-state index in [1.807, 2.05) is 12.1 Å².